The Bertz CT molecular complexity index is 4580. The lowest BCUT2D eigenvalue weighted by Crippen LogP contribution is -2.34. The summed E-state index contributed by atoms with van der Waals surface area (Å²) in [6.45, 7) is 11.0. The zero-order valence-corrected chi connectivity index (χ0v) is 66.5. The highest BCUT2D eigenvalue weighted by Crippen LogP contribution is 2.34. The molecule has 0 amide bonds. The predicted molar refractivity (Wildman–Crippen MR) is 420 cm³/mol. The average molecular weight is 1810 g/mol. The summed E-state index contributed by atoms with van der Waals surface area (Å²) in [5.74, 6) is -10.2. The highest BCUT2D eigenvalue weighted by molar-refractivity contribution is 15.0. The molecule has 602 valence electrons. The monoisotopic (exact) mass is 1810 g/mol. The predicted octanol–water partition coefficient (Wildman–Crippen LogP) is 23.5. The lowest BCUT2D eigenvalue weighted by molar-refractivity contribution is -0.206. The van der Waals surface area contributed by atoms with Crippen molar-refractivity contribution in [3.63, 3.8) is 0 Å². The molecule has 3 unspecified atom stereocenters. The molecule has 0 aliphatic heterocycles. The first-order valence-electron chi connectivity index (χ1n) is 35.6. The van der Waals surface area contributed by atoms with Crippen molar-refractivity contribution in [1.29, 1.82) is 0 Å². The Balaban J connectivity index is 0.000000261. The van der Waals surface area contributed by atoms with Crippen LogP contribution in [0.3, 0.4) is 0 Å². The average Bonchev–Trinajstić information content (AvgIpc) is 0.775. The van der Waals surface area contributed by atoms with Gasteiger partial charge in [0.1, 0.15) is 23.3 Å². The SMILES string of the molecule is CCOCCCCC(OC(=O)c1ccc(C(=O)c2ccc(-c3ccc(C)cc3)cc2)cc1)C(F)(F)F.CCOCCCCC(OC(=O)c1ccc(C(=O)c2ccc(-c3ccc(C)cc3)cc2)cc1F)C(F)(F)F.COCCCCC(OC(=O)c1cc(F)c(C(=O)c2ccc(-c3ccc(C)c(F)c3)cc2)cc1F)C(F)(F)F.II. The van der Waals surface area contributed by atoms with Crippen LogP contribution in [0.4, 0.5) is 57.1 Å². The minimum absolute atomic E-state index is 0.0211. The third-order valence-electron chi connectivity index (χ3n) is 17.4. The Labute approximate surface area is 669 Å². The molecular weight excluding hydrogens is 1730 g/mol. The van der Waals surface area contributed by atoms with Crippen molar-refractivity contribution in [3.8, 4) is 33.4 Å². The zero-order valence-electron chi connectivity index (χ0n) is 62.2. The molecule has 9 aromatic rings. The molecule has 0 bridgehead atoms. The van der Waals surface area contributed by atoms with E-state index in [9.17, 15) is 85.8 Å². The molecule has 0 saturated heterocycles. The molecule has 0 saturated carbocycles. The molecule has 27 heteroatoms. The number of hydrogen-bond acceptors (Lipinski definition) is 12. The molecule has 0 aliphatic carbocycles. The normalized spacial score (nSPS) is 12.1. The van der Waals surface area contributed by atoms with Gasteiger partial charge in [0.05, 0.1) is 22.3 Å². The summed E-state index contributed by atoms with van der Waals surface area (Å²) in [5.41, 5.74) is 6.25. The van der Waals surface area contributed by atoms with Crippen molar-refractivity contribution >= 4 is 72.5 Å². The number of benzene rings is 9. The minimum atomic E-state index is -4.91. The van der Waals surface area contributed by atoms with Gasteiger partial charge in [-0.05, 0) is 180 Å². The van der Waals surface area contributed by atoms with E-state index in [1.54, 1.807) is 69.3 Å². The van der Waals surface area contributed by atoms with Crippen LogP contribution in [0.2, 0.25) is 0 Å². The number of carbonyl (C=O) groups is 6. The molecule has 0 fully saturated rings. The Morgan fingerprint density at radius 1 is 0.327 bits per heavy atom. The Hall–Kier alpha value is -9.17. The third kappa shape index (κ3) is 28.7. The molecule has 0 radical (unpaired) electrons. The van der Waals surface area contributed by atoms with Crippen LogP contribution in [0.25, 0.3) is 33.4 Å². The number of halogens is 15. The molecule has 9 aromatic carbocycles. The Morgan fingerprint density at radius 3 is 1.03 bits per heavy atom. The topological polar surface area (TPSA) is 158 Å². The number of esters is 3. The zero-order chi connectivity index (χ0) is 83.2. The summed E-state index contributed by atoms with van der Waals surface area (Å²) in [5, 5.41) is 0. The second kappa shape index (κ2) is 45.1. The number of ether oxygens (including phenoxy) is 6. The molecule has 0 spiro atoms. The van der Waals surface area contributed by atoms with Gasteiger partial charge in [0.25, 0.3) is 0 Å². The van der Waals surface area contributed by atoms with Crippen molar-refractivity contribution in [2.75, 3.05) is 40.1 Å². The van der Waals surface area contributed by atoms with Gasteiger partial charge in [-0.25, -0.2) is 31.9 Å². The van der Waals surface area contributed by atoms with E-state index in [1.165, 1.54) is 67.8 Å². The maximum atomic E-state index is 14.7. The van der Waals surface area contributed by atoms with E-state index >= 15 is 0 Å². The number of ketones is 3. The fourth-order valence-electron chi connectivity index (χ4n) is 11.0. The summed E-state index contributed by atoms with van der Waals surface area (Å²) in [4.78, 5) is 75.4. The standard InChI is InChI=1S/C29H28F4O4.C29H29F3O4.C28H24F6O4.I2/c1-3-36-17-5-4-6-26(29(31,32)33)37-28(35)24-16-15-23(18-25(24)30)27(34)22-13-11-21(12-14-22)20-9-7-19(2)8-10-20;1-3-35-19-5-4-6-26(29(30,31)32)36-28(34)25-17-15-24(16-18-25)27(33)23-13-11-22(12-14-23)21-9-7-20(2)8-10-21;1-16-6-7-19(13-22(16)29)17-8-10-18(11-9-17)26(35)20-14-24(31)21(15-23(20)30)27(36)38-25(28(32,33)34)5-3-4-12-37-2;1-2/h7-16,18,26H,3-6,17H2,1-2H3;7-18,26H,3-6,19H2,1-2H3;6-11,13-15,25H,3-5,12H2,1-2H3;. The van der Waals surface area contributed by atoms with Crippen LogP contribution >= 0.6 is 37.2 Å². The molecule has 0 heterocycles. The summed E-state index contributed by atoms with van der Waals surface area (Å²) >= 11 is 4.24. The van der Waals surface area contributed by atoms with Crippen molar-refractivity contribution in [1.82, 2.24) is 0 Å². The summed E-state index contributed by atoms with van der Waals surface area (Å²) < 4.78 is 207. The third-order valence-corrected chi connectivity index (χ3v) is 17.4. The summed E-state index contributed by atoms with van der Waals surface area (Å²) in [6.07, 6.45) is -21.4. The quantitative estimate of drug-likeness (QED) is 0.00983. The number of alkyl halides is 9. The van der Waals surface area contributed by atoms with E-state index in [4.69, 9.17) is 18.9 Å². The highest BCUT2D eigenvalue weighted by atomic mass is 128. The van der Waals surface area contributed by atoms with Gasteiger partial charge in [-0.2, -0.15) is 39.5 Å². The first-order chi connectivity index (χ1) is 53.7. The number of unbranched alkanes of at least 4 members (excludes halogenated alkanes) is 3. The second-order valence-corrected chi connectivity index (χ2v) is 25.7. The van der Waals surface area contributed by atoms with E-state index in [2.05, 4.69) is 46.7 Å². The second-order valence-electron chi connectivity index (χ2n) is 25.7. The van der Waals surface area contributed by atoms with Crippen LogP contribution < -0.4 is 0 Å². The van der Waals surface area contributed by atoms with Crippen LogP contribution in [-0.2, 0) is 28.4 Å². The van der Waals surface area contributed by atoms with Gasteiger partial charge in [0.2, 0.25) is 0 Å². The van der Waals surface area contributed by atoms with Crippen molar-refractivity contribution < 1.29 is 114 Å². The molecule has 113 heavy (non-hydrogen) atoms. The molecule has 0 N–H and O–H groups in total. The van der Waals surface area contributed by atoms with E-state index in [0.717, 1.165) is 45.5 Å². The number of aryl methyl sites for hydroxylation is 3. The number of carbonyl (C=O) groups excluding carboxylic acids is 6. The van der Waals surface area contributed by atoms with Gasteiger partial charge in [-0.15, -0.1) is 0 Å². The molecule has 9 rings (SSSR count). The Kier molecular flexibility index (Phi) is 37.0. The number of hydrogen-bond donors (Lipinski definition) is 0. The fourth-order valence-corrected chi connectivity index (χ4v) is 11.0. The summed E-state index contributed by atoms with van der Waals surface area (Å²) in [7, 11) is 1.38. The molecule has 3 atom stereocenters. The molecule has 0 aliphatic rings. The molecule has 0 aromatic heterocycles. The van der Waals surface area contributed by atoms with Gasteiger partial charge in [-0.1, -0.05) is 157 Å². The molecular formula is C86H81F13I2O12. The van der Waals surface area contributed by atoms with E-state index in [0.29, 0.717) is 84.8 Å². The lowest BCUT2D eigenvalue weighted by atomic mass is 9.97. The minimum Gasteiger partial charge on any atom is -0.449 e. The van der Waals surface area contributed by atoms with Crippen LogP contribution in [0.5, 0.6) is 0 Å². The first-order valence-corrected chi connectivity index (χ1v) is 41.8. The van der Waals surface area contributed by atoms with E-state index in [1.807, 2.05) is 74.5 Å². The lowest BCUT2D eigenvalue weighted by Gasteiger charge is -2.21. The smallest absolute Gasteiger partial charge is 0.425 e. The maximum absolute atomic E-state index is 14.7. The van der Waals surface area contributed by atoms with Gasteiger partial charge in [-0.3, -0.25) is 14.4 Å². The molecule has 12 nitrogen and oxygen atoms in total. The van der Waals surface area contributed by atoms with Gasteiger partial charge in [0, 0.05) is 105 Å². The maximum Gasteiger partial charge on any atom is 0.425 e. The van der Waals surface area contributed by atoms with Crippen LogP contribution in [0, 0.1) is 44.0 Å². The first kappa shape index (κ1) is 92.7. The van der Waals surface area contributed by atoms with E-state index in [-0.39, 0.29) is 61.2 Å². The Morgan fingerprint density at radius 2 is 0.637 bits per heavy atom. The fraction of sp³-hybridized carbons (Fsp3) is 0.302. The van der Waals surface area contributed by atoms with Crippen LogP contribution in [0.15, 0.2) is 194 Å². The van der Waals surface area contributed by atoms with Crippen molar-refractivity contribution in [2.45, 2.75) is 129 Å². The van der Waals surface area contributed by atoms with Crippen LogP contribution in [0.1, 0.15) is 167 Å². The van der Waals surface area contributed by atoms with Crippen LogP contribution in [-0.4, -0.2) is 112 Å². The number of methoxy groups -OCH3 is 1. The van der Waals surface area contributed by atoms with Crippen molar-refractivity contribution in [2.24, 2.45) is 0 Å². The number of rotatable bonds is 32. The summed E-state index contributed by atoms with van der Waals surface area (Å²) in [6, 6.07) is 49.3. The van der Waals surface area contributed by atoms with Gasteiger partial charge >= 0.3 is 36.4 Å². The largest absolute Gasteiger partial charge is 0.449 e. The van der Waals surface area contributed by atoms with E-state index < -0.39 is 119 Å². The van der Waals surface area contributed by atoms with Crippen molar-refractivity contribution in [3.05, 3.63) is 284 Å². The van der Waals surface area contributed by atoms with Gasteiger partial charge in [0.15, 0.2) is 35.7 Å². The highest BCUT2D eigenvalue weighted by Gasteiger charge is 2.45. The van der Waals surface area contributed by atoms with Gasteiger partial charge < -0.3 is 28.4 Å².